The number of nitrogens with zero attached hydrogens (tertiary/aromatic N) is 3. The highest BCUT2D eigenvalue weighted by molar-refractivity contribution is 7.91. The maximum atomic E-state index is 14.3. The molecule has 14 amide bonds. The van der Waals surface area contributed by atoms with Crippen LogP contribution in [0.1, 0.15) is 272 Å². The molecule has 11 N–H and O–H groups in total. The van der Waals surface area contributed by atoms with Crippen molar-refractivity contribution in [2.75, 3.05) is 50.8 Å². The first-order valence-electron chi connectivity index (χ1n) is 52.1. The second kappa shape index (κ2) is 49.5. The van der Waals surface area contributed by atoms with Gasteiger partial charge < -0.3 is 82.7 Å². The number of ketones is 3. The molecule has 3 aliphatic heterocycles. The number of likely N-dealkylation sites (tertiary alicyclic amines) is 3. The van der Waals surface area contributed by atoms with E-state index in [9.17, 15) is 93.5 Å². The van der Waals surface area contributed by atoms with Crippen molar-refractivity contribution in [1.29, 1.82) is 0 Å². The fraction of sp³-hybridized carbons (Fsp3) is 0.685. The average molecular weight is 2070 g/mol. The zero-order chi connectivity index (χ0) is 109. The number of rotatable bonds is 42. The van der Waals surface area contributed by atoms with E-state index < -0.39 is 190 Å². The molecule has 810 valence electrons. The van der Waals surface area contributed by atoms with Gasteiger partial charge in [-0.3, -0.25) is 62.3 Å². The standard InChI is InChI=1S/C37H58N4O8.C36H53N5O7S.C35H53N5O7S/c1-8-9-17-25(30(43)32(45)38-21-18-26(42)48-37(7)19-13-14-20-37)39-31(44)29-27-24(36(27,5)6)22-41(29)33(46)28(23-15-11-10-12-16-23)40-34(47)49-35(2,3)4;1-7-8-19-26(30(42)32(44)37-20-21-49(47,48)24-17-13-10-14-18-24)38-31(43)29-27-25(36(27,5)6)22-41(29)33(45)28(23-15-11-9-12-16-23)39-34(46)40-35(2,3)4;1-10-11-17-24(27(41)30(43)36-18-19-48(46,47)21-22-15-13-12-14-16-22)37-29(42)26-25-23(35(25,8)9)20-40(26)31(44)28(33(2,3)4)38-32(45)39-34(5,6)7/h8,23-25,27-29H,1,9-22H2,2-7H3,(H,38,45)(H,39,44)(H,40,47);7,10,13-14,17-18,23,25-29H,1,8-9,11-12,15-16,19-22H2,2-6H3,(H,37,44)(H,38,43)(H2,39,40,46);10,12-16,23-26,28H,1,11,17-21H2,2-9H3,(H,36,43)(H,37,42)(H2,38,39,45)/t24-,25?,27-,28-,29-;25-,26?,27-,28-,29-;23-,24?,25-,26-,28+/m000/s1. The van der Waals surface area contributed by atoms with Crippen molar-refractivity contribution in [1.82, 2.24) is 73.2 Å². The highest BCUT2D eigenvalue weighted by Gasteiger charge is 2.73. The Morgan fingerprint density at radius 1 is 0.438 bits per heavy atom. The van der Waals surface area contributed by atoms with Crippen LogP contribution in [-0.4, -0.2) is 254 Å². The number of carbonyl (C=O) groups is 16. The number of Topliss-reactive ketones (excluding diaryl/α,β-unsaturated/α-hetero) is 3. The van der Waals surface area contributed by atoms with Gasteiger partial charge in [0.25, 0.3) is 17.7 Å². The predicted molar refractivity (Wildman–Crippen MR) is 553 cm³/mol. The SMILES string of the molecule is C=CCCC(NC(=O)[C@@H]1[C@@H]2[C@H](CN1C(=O)[C@@H](NC(=O)NC(C)(C)C)C(C)(C)C)C2(C)C)C(=O)C(=O)NCCS(=O)(=O)Cc1ccccc1.C=CCCC(NC(=O)[C@@H]1[C@@H]2[C@H](CN1C(=O)[C@@H](NC(=O)NC(C)(C)C)C1CCCCC1)C2(C)C)C(=O)C(=O)NCCS(=O)(=O)c1ccccc1.C=CCCC(NC(=O)[C@@H]1[C@@H]2[C@H](CN1C(=O)[C@@H](NC(=O)OC(C)(C)C)C1CCCCC1)C2(C)C)C(=O)C(=O)NCCC(=O)OC1(C)CCCC1. The van der Waals surface area contributed by atoms with Crippen LogP contribution < -0.4 is 58.5 Å². The van der Waals surface area contributed by atoms with E-state index >= 15 is 0 Å². The summed E-state index contributed by atoms with van der Waals surface area (Å²) in [5, 5.41) is 29.9. The maximum absolute atomic E-state index is 14.3. The highest BCUT2D eigenvalue weighted by Crippen LogP contribution is 2.67. The number of hydrogen-bond acceptors (Lipinski definition) is 22. The Bertz CT molecular complexity index is 5310. The number of carbonyl (C=O) groups excluding carboxylic acids is 16. The third kappa shape index (κ3) is 32.1. The van der Waals surface area contributed by atoms with Crippen molar-refractivity contribution < 1.29 is 103 Å². The number of fused-ring (bicyclic) bond motifs is 3. The summed E-state index contributed by atoms with van der Waals surface area (Å²) in [6.45, 7) is 47.5. The lowest BCUT2D eigenvalue weighted by Gasteiger charge is -2.38. The van der Waals surface area contributed by atoms with Crippen molar-refractivity contribution in [2.45, 2.75) is 354 Å². The predicted octanol–water partition coefficient (Wildman–Crippen LogP) is 10.2. The minimum Gasteiger partial charge on any atom is -0.459 e. The molecule has 0 aromatic heterocycles. The highest BCUT2D eigenvalue weighted by atomic mass is 32.2. The molecule has 9 fully saturated rings. The molecule has 3 saturated heterocycles. The molecule has 6 aliphatic carbocycles. The summed E-state index contributed by atoms with van der Waals surface area (Å²) in [6.07, 6.45) is 18.0. The zero-order valence-corrected chi connectivity index (χ0v) is 90.9. The van der Waals surface area contributed by atoms with Crippen molar-refractivity contribution in [3.8, 4) is 0 Å². The second-order valence-corrected chi connectivity index (χ2v) is 51.6. The number of alkyl carbamates (subject to hydrolysis) is 1. The van der Waals surface area contributed by atoms with Crippen LogP contribution in [0.15, 0.2) is 104 Å². The van der Waals surface area contributed by atoms with Crippen LogP contribution in [0.5, 0.6) is 0 Å². The molecular formula is C108H164N14O22S2. The molecule has 15 atom stereocenters. The monoisotopic (exact) mass is 2070 g/mol. The van der Waals surface area contributed by atoms with E-state index in [1.807, 2.05) is 83.1 Å². The van der Waals surface area contributed by atoms with Crippen LogP contribution in [0.3, 0.4) is 0 Å². The second-order valence-electron chi connectivity index (χ2n) is 47.3. The van der Waals surface area contributed by atoms with Crippen molar-refractivity contribution in [3.63, 3.8) is 0 Å². The molecule has 0 bridgehead atoms. The molecule has 3 unspecified atom stereocenters. The summed E-state index contributed by atoms with van der Waals surface area (Å²) in [6, 6.07) is 6.65. The number of piperidine rings is 3. The topological polar surface area (TPSA) is 502 Å². The first-order chi connectivity index (χ1) is 68.0. The number of esters is 1. The van der Waals surface area contributed by atoms with E-state index in [0.717, 1.165) is 89.9 Å². The largest absolute Gasteiger partial charge is 0.459 e. The fourth-order valence-electron chi connectivity index (χ4n) is 22.0. The Morgan fingerprint density at radius 3 is 1.16 bits per heavy atom. The number of urea groups is 2. The smallest absolute Gasteiger partial charge is 0.408 e. The van der Waals surface area contributed by atoms with Gasteiger partial charge in [0, 0.05) is 50.3 Å². The summed E-state index contributed by atoms with van der Waals surface area (Å²) in [4.78, 5) is 220. The van der Waals surface area contributed by atoms with E-state index in [2.05, 4.69) is 106 Å². The number of benzene rings is 2. The van der Waals surface area contributed by atoms with Gasteiger partial charge in [-0.2, -0.15) is 0 Å². The van der Waals surface area contributed by atoms with Gasteiger partial charge in [-0.1, -0.05) is 168 Å². The Labute approximate surface area is 863 Å². The summed E-state index contributed by atoms with van der Waals surface area (Å²) in [7, 11) is -7.24. The minimum absolute atomic E-state index is 0.0460. The van der Waals surface area contributed by atoms with Crippen LogP contribution in [-0.2, 0) is 97.2 Å². The molecular weight excluding hydrogens is 1910 g/mol. The normalized spacial score (nSPS) is 23.2. The van der Waals surface area contributed by atoms with Crippen molar-refractivity contribution in [2.24, 2.45) is 69.0 Å². The Kier molecular flexibility index (Phi) is 40.2. The molecule has 11 rings (SSSR count). The molecule has 0 spiro atoms. The summed E-state index contributed by atoms with van der Waals surface area (Å²) >= 11 is 0. The number of amides is 14. The van der Waals surface area contributed by atoms with Gasteiger partial charge in [0.05, 0.1) is 46.7 Å². The zero-order valence-electron chi connectivity index (χ0n) is 89.3. The van der Waals surface area contributed by atoms with E-state index in [0.29, 0.717) is 44.5 Å². The summed E-state index contributed by atoms with van der Waals surface area (Å²) < 4.78 is 61.5. The Hall–Kier alpha value is -10.9. The van der Waals surface area contributed by atoms with Crippen molar-refractivity contribution in [3.05, 3.63) is 104 Å². The molecule has 6 saturated carbocycles. The number of sulfone groups is 2. The van der Waals surface area contributed by atoms with Gasteiger partial charge in [0.1, 0.15) is 47.5 Å². The van der Waals surface area contributed by atoms with Gasteiger partial charge in [-0.25, -0.2) is 31.2 Å². The molecule has 0 radical (unpaired) electrons. The maximum Gasteiger partial charge on any atom is 0.408 e. The first-order valence-corrected chi connectivity index (χ1v) is 55.5. The van der Waals surface area contributed by atoms with Gasteiger partial charge in [-0.15, -0.1) is 19.7 Å². The van der Waals surface area contributed by atoms with Crippen LogP contribution in [0.25, 0.3) is 0 Å². The van der Waals surface area contributed by atoms with E-state index in [-0.39, 0.29) is 137 Å². The molecule has 3 heterocycles. The molecule has 36 nitrogen and oxygen atoms in total. The summed E-state index contributed by atoms with van der Waals surface area (Å²) in [5.41, 5.74) is -2.98. The number of allylic oxidation sites excluding steroid dienone is 3. The number of nitrogens with one attached hydrogen (secondary N) is 11. The molecule has 38 heteroatoms. The molecule has 2 aromatic carbocycles. The van der Waals surface area contributed by atoms with Crippen LogP contribution in [0.4, 0.5) is 14.4 Å². The van der Waals surface area contributed by atoms with Gasteiger partial charge in [0.2, 0.25) is 52.8 Å². The van der Waals surface area contributed by atoms with Gasteiger partial charge in [-0.05, 0) is 246 Å². The minimum atomic E-state index is -3.68. The molecule has 9 aliphatic rings. The molecule has 146 heavy (non-hydrogen) atoms. The first kappa shape index (κ1) is 119. The lowest BCUT2D eigenvalue weighted by Crippen LogP contribution is -2.62. The quantitative estimate of drug-likeness (QED) is 0.0167. The van der Waals surface area contributed by atoms with Crippen LogP contribution >= 0.6 is 0 Å². The van der Waals surface area contributed by atoms with E-state index in [4.69, 9.17) is 9.47 Å². The lowest BCUT2D eigenvalue weighted by atomic mass is 9.83. The molecule has 2 aromatic rings. The number of hydrogen-bond donors (Lipinski definition) is 11. The van der Waals surface area contributed by atoms with Gasteiger partial charge >= 0.3 is 24.1 Å². The van der Waals surface area contributed by atoms with Crippen molar-refractivity contribution >= 4 is 114 Å². The lowest BCUT2D eigenvalue weighted by molar-refractivity contribution is -0.157. The Morgan fingerprint density at radius 2 is 0.795 bits per heavy atom. The van der Waals surface area contributed by atoms with E-state index in [1.165, 1.54) is 17.0 Å². The van der Waals surface area contributed by atoms with Gasteiger partial charge in [0.15, 0.2) is 19.7 Å². The van der Waals surface area contributed by atoms with E-state index in [1.54, 1.807) is 97.3 Å². The van der Waals surface area contributed by atoms with Crippen LogP contribution in [0.2, 0.25) is 0 Å². The Balaban J connectivity index is 0.000000244. The van der Waals surface area contributed by atoms with Crippen LogP contribution in [0, 0.1) is 69.0 Å². The third-order valence-electron chi connectivity index (χ3n) is 30.3. The summed E-state index contributed by atoms with van der Waals surface area (Å²) in [5.74, 6) is -10.1. The average Bonchev–Trinajstić information content (AvgIpc) is 1.53. The fourth-order valence-corrected chi connectivity index (χ4v) is 24.5. The number of ether oxygens (including phenoxy) is 2. The third-order valence-corrected chi connectivity index (χ3v) is 33.6.